The second kappa shape index (κ2) is 10.9. The van der Waals surface area contributed by atoms with Crippen LogP contribution in [0.4, 0.5) is 5.69 Å². The number of carbonyl (C=O) groups is 1. The van der Waals surface area contributed by atoms with Gasteiger partial charge in [-0.25, -0.2) is 0 Å². The maximum Gasteiger partial charge on any atom is 0.234 e. The predicted molar refractivity (Wildman–Crippen MR) is 127 cm³/mol. The van der Waals surface area contributed by atoms with Crippen molar-refractivity contribution in [3.05, 3.63) is 63.4 Å². The Labute approximate surface area is 196 Å². The van der Waals surface area contributed by atoms with Crippen LogP contribution in [0.15, 0.2) is 41.6 Å². The summed E-state index contributed by atoms with van der Waals surface area (Å²) < 4.78 is 7.74. The average Bonchev–Trinajstić information content (AvgIpc) is 3.07. The number of hydrogen-bond donors (Lipinski definition) is 1. The summed E-state index contributed by atoms with van der Waals surface area (Å²) in [5.74, 6) is 1.80. The highest BCUT2D eigenvalue weighted by Gasteiger charge is 2.12. The van der Waals surface area contributed by atoms with E-state index in [0.29, 0.717) is 27.5 Å². The monoisotopic (exact) mass is 478 g/mol. The molecule has 0 spiro atoms. The van der Waals surface area contributed by atoms with Crippen molar-refractivity contribution in [3.63, 3.8) is 0 Å². The quantitative estimate of drug-likeness (QED) is 0.325. The number of benzene rings is 2. The van der Waals surface area contributed by atoms with Crippen LogP contribution in [-0.4, -0.2) is 33.0 Å². The minimum Gasteiger partial charge on any atom is -0.493 e. The van der Waals surface area contributed by atoms with E-state index in [4.69, 9.17) is 27.9 Å². The second-order valence-corrected chi connectivity index (χ2v) is 8.93. The number of halogens is 2. The van der Waals surface area contributed by atoms with E-state index in [1.54, 1.807) is 12.1 Å². The maximum atomic E-state index is 12.3. The fourth-order valence-corrected chi connectivity index (χ4v) is 4.05. The molecule has 1 N–H and O–H groups in total. The van der Waals surface area contributed by atoms with Crippen molar-refractivity contribution in [2.75, 3.05) is 17.7 Å². The van der Waals surface area contributed by atoms with Crippen LogP contribution in [-0.2, 0) is 18.3 Å². The van der Waals surface area contributed by atoms with Gasteiger partial charge in [0.2, 0.25) is 5.91 Å². The third-order valence-corrected chi connectivity index (χ3v) is 6.16. The Kier molecular flexibility index (Phi) is 8.23. The van der Waals surface area contributed by atoms with E-state index in [1.165, 1.54) is 11.8 Å². The number of hydrogen-bond acceptors (Lipinski definition) is 5. The predicted octanol–water partition coefficient (Wildman–Crippen LogP) is 5.48. The lowest BCUT2D eigenvalue weighted by Crippen LogP contribution is -2.15. The van der Waals surface area contributed by atoms with Gasteiger partial charge >= 0.3 is 0 Å². The Bertz CT molecular complexity index is 1070. The lowest BCUT2D eigenvalue weighted by atomic mass is 10.2. The number of thioether (sulfide) groups is 1. The molecule has 0 aliphatic carbocycles. The van der Waals surface area contributed by atoms with Crippen LogP contribution in [0.3, 0.4) is 0 Å². The lowest BCUT2D eigenvalue weighted by molar-refractivity contribution is -0.113. The molecule has 164 valence electrons. The molecule has 1 heterocycles. The Morgan fingerprint density at radius 2 is 1.84 bits per heavy atom. The minimum atomic E-state index is -0.119. The molecule has 31 heavy (non-hydrogen) atoms. The van der Waals surface area contributed by atoms with Crippen LogP contribution in [0.5, 0.6) is 5.75 Å². The fourth-order valence-electron chi connectivity index (χ4n) is 2.92. The molecule has 0 saturated heterocycles. The highest BCUT2D eigenvalue weighted by Crippen LogP contribution is 2.23. The number of carbonyl (C=O) groups excluding carboxylic acids is 1. The number of aryl methyl sites for hydroxylation is 3. The number of nitrogens with one attached hydrogen (secondary N) is 1. The summed E-state index contributed by atoms with van der Waals surface area (Å²) in [6.07, 6.45) is 1.53. The van der Waals surface area contributed by atoms with E-state index in [1.807, 2.05) is 49.7 Å². The first kappa shape index (κ1) is 23.4. The third kappa shape index (κ3) is 6.63. The molecule has 0 aliphatic heterocycles. The van der Waals surface area contributed by atoms with Gasteiger partial charge in [-0.3, -0.25) is 4.79 Å². The van der Waals surface area contributed by atoms with Crippen LogP contribution in [0.25, 0.3) is 0 Å². The number of anilines is 1. The summed E-state index contributed by atoms with van der Waals surface area (Å²) in [7, 11) is 1.90. The van der Waals surface area contributed by atoms with Crippen LogP contribution in [0.1, 0.15) is 23.4 Å². The van der Waals surface area contributed by atoms with Gasteiger partial charge in [0.25, 0.3) is 0 Å². The number of rotatable bonds is 9. The summed E-state index contributed by atoms with van der Waals surface area (Å²) in [6, 6.07) is 11.0. The Morgan fingerprint density at radius 1 is 1.10 bits per heavy atom. The summed E-state index contributed by atoms with van der Waals surface area (Å²) >= 11 is 13.3. The average molecular weight is 479 g/mol. The highest BCUT2D eigenvalue weighted by molar-refractivity contribution is 7.99. The van der Waals surface area contributed by atoms with Crippen LogP contribution in [0, 0.1) is 13.8 Å². The summed E-state index contributed by atoms with van der Waals surface area (Å²) in [5, 5.41) is 13.3. The van der Waals surface area contributed by atoms with Crippen LogP contribution >= 0.6 is 35.0 Å². The van der Waals surface area contributed by atoms with Gasteiger partial charge in [-0.05, 0) is 61.7 Å². The minimum absolute atomic E-state index is 0.119. The maximum absolute atomic E-state index is 12.3. The molecule has 0 radical (unpaired) electrons. The number of aromatic nitrogens is 3. The topological polar surface area (TPSA) is 69.0 Å². The SMILES string of the molecule is Cc1ccc(Cl)cc1NC(=O)CSc1nnc(CCCOc2ccc(Cl)cc2C)n1C. The van der Waals surface area contributed by atoms with E-state index in [0.717, 1.165) is 35.5 Å². The van der Waals surface area contributed by atoms with E-state index in [-0.39, 0.29) is 11.7 Å². The molecule has 0 fully saturated rings. The molecule has 1 aromatic heterocycles. The first-order valence-corrected chi connectivity index (χ1v) is 11.5. The third-order valence-electron chi connectivity index (χ3n) is 4.67. The van der Waals surface area contributed by atoms with Crippen molar-refractivity contribution < 1.29 is 9.53 Å². The van der Waals surface area contributed by atoms with E-state index < -0.39 is 0 Å². The van der Waals surface area contributed by atoms with Crippen molar-refractivity contribution in [3.8, 4) is 5.75 Å². The molecule has 0 aliphatic rings. The van der Waals surface area contributed by atoms with Crippen molar-refractivity contribution in [2.45, 2.75) is 31.8 Å². The fraction of sp³-hybridized carbons (Fsp3) is 0.318. The first-order valence-electron chi connectivity index (χ1n) is 9.79. The standard InChI is InChI=1S/C22H24Cl2N4O2S/c1-14-6-7-17(24)12-18(14)25-21(29)13-31-22-27-26-20(28(22)3)5-4-10-30-19-9-8-16(23)11-15(19)2/h6-9,11-12H,4-5,10,13H2,1-3H3,(H,25,29). The van der Waals surface area contributed by atoms with E-state index in [2.05, 4.69) is 15.5 Å². The van der Waals surface area contributed by atoms with Crippen LogP contribution in [0.2, 0.25) is 10.0 Å². The zero-order chi connectivity index (χ0) is 22.4. The van der Waals surface area contributed by atoms with E-state index in [9.17, 15) is 4.79 Å². The second-order valence-electron chi connectivity index (χ2n) is 7.12. The van der Waals surface area contributed by atoms with Crippen molar-refractivity contribution in [1.82, 2.24) is 14.8 Å². The van der Waals surface area contributed by atoms with Crippen LogP contribution < -0.4 is 10.1 Å². The van der Waals surface area contributed by atoms with Gasteiger partial charge in [0.1, 0.15) is 11.6 Å². The van der Waals surface area contributed by atoms with Crippen molar-refractivity contribution in [1.29, 1.82) is 0 Å². The zero-order valence-electron chi connectivity index (χ0n) is 17.6. The van der Waals surface area contributed by atoms with Gasteiger partial charge in [-0.2, -0.15) is 0 Å². The largest absolute Gasteiger partial charge is 0.493 e. The van der Waals surface area contributed by atoms with Gasteiger partial charge in [-0.1, -0.05) is 41.0 Å². The zero-order valence-corrected chi connectivity index (χ0v) is 19.9. The Morgan fingerprint density at radius 3 is 2.61 bits per heavy atom. The molecule has 6 nitrogen and oxygen atoms in total. The van der Waals surface area contributed by atoms with Gasteiger partial charge < -0.3 is 14.6 Å². The smallest absolute Gasteiger partial charge is 0.234 e. The summed E-state index contributed by atoms with van der Waals surface area (Å²) in [5.41, 5.74) is 2.68. The van der Waals surface area contributed by atoms with Crippen molar-refractivity contribution >= 4 is 46.6 Å². The van der Waals surface area contributed by atoms with Gasteiger partial charge in [0.15, 0.2) is 5.16 Å². The van der Waals surface area contributed by atoms with Gasteiger partial charge in [0.05, 0.1) is 12.4 Å². The molecular formula is C22H24Cl2N4O2S. The molecule has 9 heteroatoms. The first-order chi connectivity index (χ1) is 14.8. The van der Waals surface area contributed by atoms with Crippen molar-refractivity contribution in [2.24, 2.45) is 7.05 Å². The molecule has 2 aromatic carbocycles. The Balaban J connectivity index is 1.46. The normalized spacial score (nSPS) is 10.9. The molecule has 0 atom stereocenters. The molecular weight excluding hydrogens is 455 g/mol. The lowest BCUT2D eigenvalue weighted by Gasteiger charge is -2.09. The summed E-state index contributed by atoms with van der Waals surface area (Å²) in [6.45, 7) is 4.46. The summed E-state index contributed by atoms with van der Waals surface area (Å²) in [4.78, 5) is 12.3. The van der Waals surface area contributed by atoms with E-state index >= 15 is 0 Å². The number of amides is 1. The molecule has 3 rings (SSSR count). The molecule has 0 saturated carbocycles. The van der Waals surface area contributed by atoms with Gasteiger partial charge in [-0.15, -0.1) is 10.2 Å². The molecule has 0 bridgehead atoms. The molecule has 3 aromatic rings. The number of ether oxygens (including phenoxy) is 1. The molecule has 1 amide bonds. The highest BCUT2D eigenvalue weighted by atomic mass is 35.5. The van der Waals surface area contributed by atoms with Gasteiger partial charge in [0, 0.05) is 29.2 Å². The number of nitrogens with zero attached hydrogens (tertiary/aromatic N) is 3. The Hall–Kier alpha value is -2.22. The molecule has 0 unspecified atom stereocenters.